The largest absolute Gasteiger partial charge is 0.419 e. The van der Waals surface area contributed by atoms with Crippen LogP contribution in [0.4, 0.5) is 0 Å². The van der Waals surface area contributed by atoms with E-state index in [1.807, 2.05) is 17.5 Å². The van der Waals surface area contributed by atoms with Gasteiger partial charge < -0.3 is 4.42 Å². The van der Waals surface area contributed by atoms with Gasteiger partial charge in [0.15, 0.2) is 0 Å². The number of rotatable bonds is 4. The first-order valence-corrected chi connectivity index (χ1v) is 8.09. The molecule has 0 bridgehead atoms. The zero-order valence-electron chi connectivity index (χ0n) is 11.2. The van der Waals surface area contributed by atoms with Gasteiger partial charge in [-0.2, -0.15) is 0 Å². The number of benzene rings is 1. The van der Waals surface area contributed by atoms with Gasteiger partial charge in [0.2, 0.25) is 5.89 Å². The van der Waals surface area contributed by atoms with E-state index < -0.39 is 0 Å². The van der Waals surface area contributed by atoms with E-state index in [0.29, 0.717) is 11.8 Å². The molecule has 0 N–H and O–H groups in total. The molecule has 1 aromatic carbocycles. The molecular formula is C15H14N2OS2. The maximum atomic E-state index is 5.75. The van der Waals surface area contributed by atoms with E-state index in [0.717, 1.165) is 4.88 Å². The van der Waals surface area contributed by atoms with Crippen molar-refractivity contribution in [2.45, 2.75) is 24.0 Å². The van der Waals surface area contributed by atoms with E-state index in [-0.39, 0.29) is 5.25 Å². The summed E-state index contributed by atoms with van der Waals surface area (Å²) in [4.78, 5) is 2.22. The molecular weight excluding hydrogens is 288 g/mol. The lowest BCUT2D eigenvalue weighted by Crippen LogP contribution is -1.88. The first kappa shape index (κ1) is 13.4. The third-order valence-corrected chi connectivity index (χ3v) is 4.81. The highest BCUT2D eigenvalue weighted by Gasteiger charge is 2.16. The molecule has 3 aromatic rings. The zero-order chi connectivity index (χ0) is 13.9. The van der Waals surface area contributed by atoms with E-state index in [1.165, 1.54) is 10.5 Å². The van der Waals surface area contributed by atoms with E-state index in [9.17, 15) is 0 Å². The van der Waals surface area contributed by atoms with Crippen LogP contribution >= 0.6 is 23.1 Å². The van der Waals surface area contributed by atoms with Crippen LogP contribution in [0, 0.1) is 6.92 Å². The van der Waals surface area contributed by atoms with Gasteiger partial charge in [0.05, 0.1) is 10.1 Å². The number of nitrogens with zero attached hydrogens (tertiary/aromatic N) is 2. The Morgan fingerprint density at radius 2 is 1.95 bits per heavy atom. The number of aryl methyl sites for hydroxylation is 1. The lowest BCUT2D eigenvalue weighted by atomic mass is 10.2. The highest BCUT2D eigenvalue weighted by atomic mass is 32.2. The fraction of sp³-hybridized carbons (Fsp3) is 0.200. The highest BCUT2D eigenvalue weighted by molar-refractivity contribution is 7.99. The fourth-order valence-corrected chi connectivity index (χ4v) is 3.31. The molecule has 0 saturated heterocycles. The molecule has 1 atom stereocenters. The minimum atomic E-state index is 0.138. The summed E-state index contributed by atoms with van der Waals surface area (Å²) < 4.78 is 5.75. The van der Waals surface area contributed by atoms with Gasteiger partial charge in [-0.1, -0.05) is 23.8 Å². The third-order valence-electron chi connectivity index (χ3n) is 2.85. The van der Waals surface area contributed by atoms with Crippen molar-refractivity contribution in [1.82, 2.24) is 10.2 Å². The predicted octanol–water partition coefficient (Wildman–Crippen LogP) is 4.96. The van der Waals surface area contributed by atoms with Crippen LogP contribution in [0.15, 0.2) is 51.1 Å². The van der Waals surface area contributed by atoms with Gasteiger partial charge in [0.25, 0.3) is 5.89 Å². The van der Waals surface area contributed by atoms with Gasteiger partial charge in [0.1, 0.15) is 0 Å². The van der Waals surface area contributed by atoms with Crippen molar-refractivity contribution in [2.24, 2.45) is 0 Å². The maximum absolute atomic E-state index is 5.75. The summed E-state index contributed by atoms with van der Waals surface area (Å²) in [6, 6.07) is 12.4. The lowest BCUT2D eigenvalue weighted by Gasteiger charge is -2.06. The summed E-state index contributed by atoms with van der Waals surface area (Å²) in [5.74, 6) is 1.27. The van der Waals surface area contributed by atoms with Crippen molar-refractivity contribution >= 4 is 23.1 Å². The standard InChI is InChI=1S/C15H14N2OS2/c1-10-5-7-12(8-6-10)20-11(2)14-16-17-15(18-14)13-4-3-9-19-13/h3-9,11H,1-2H3. The van der Waals surface area contributed by atoms with Crippen LogP contribution in [0.2, 0.25) is 0 Å². The van der Waals surface area contributed by atoms with Crippen molar-refractivity contribution in [3.05, 3.63) is 53.2 Å². The van der Waals surface area contributed by atoms with Crippen LogP contribution in [0.1, 0.15) is 23.6 Å². The molecule has 2 heterocycles. The smallest absolute Gasteiger partial charge is 0.257 e. The summed E-state index contributed by atoms with van der Waals surface area (Å²) in [7, 11) is 0. The van der Waals surface area contributed by atoms with Gasteiger partial charge >= 0.3 is 0 Å². The van der Waals surface area contributed by atoms with Crippen LogP contribution in [-0.4, -0.2) is 10.2 Å². The molecule has 0 spiro atoms. The molecule has 102 valence electrons. The average molecular weight is 302 g/mol. The Kier molecular flexibility index (Phi) is 3.89. The Bertz CT molecular complexity index is 674. The van der Waals surface area contributed by atoms with Crippen molar-refractivity contribution in [1.29, 1.82) is 0 Å². The van der Waals surface area contributed by atoms with Gasteiger partial charge in [-0.15, -0.1) is 33.3 Å². The Morgan fingerprint density at radius 3 is 2.65 bits per heavy atom. The molecule has 0 radical (unpaired) electrons. The lowest BCUT2D eigenvalue weighted by molar-refractivity contribution is 0.510. The molecule has 0 saturated carbocycles. The van der Waals surface area contributed by atoms with E-state index in [2.05, 4.69) is 48.3 Å². The van der Waals surface area contributed by atoms with E-state index in [1.54, 1.807) is 23.1 Å². The van der Waals surface area contributed by atoms with Crippen molar-refractivity contribution in [2.75, 3.05) is 0 Å². The first-order valence-electron chi connectivity index (χ1n) is 6.33. The third kappa shape index (κ3) is 2.94. The SMILES string of the molecule is Cc1ccc(SC(C)c2nnc(-c3cccs3)o2)cc1. The minimum Gasteiger partial charge on any atom is -0.419 e. The van der Waals surface area contributed by atoms with Crippen molar-refractivity contribution < 1.29 is 4.42 Å². The van der Waals surface area contributed by atoms with Crippen LogP contribution in [0.5, 0.6) is 0 Å². The normalized spacial score (nSPS) is 12.5. The second-order valence-corrected chi connectivity index (χ2v) is 6.86. The number of hydrogen-bond acceptors (Lipinski definition) is 5. The average Bonchev–Trinajstić information content (AvgIpc) is 3.11. The molecule has 2 aromatic heterocycles. The molecule has 5 heteroatoms. The van der Waals surface area contributed by atoms with Crippen LogP contribution < -0.4 is 0 Å². The van der Waals surface area contributed by atoms with Crippen LogP contribution in [0.25, 0.3) is 10.8 Å². The molecule has 0 aliphatic rings. The van der Waals surface area contributed by atoms with E-state index in [4.69, 9.17) is 4.42 Å². The topological polar surface area (TPSA) is 38.9 Å². The quantitative estimate of drug-likeness (QED) is 0.638. The highest BCUT2D eigenvalue weighted by Crippen LogP contribution is 2.35. The van der Waals surface area contributed by atoms with Crippen LogP contribution in [-0.2, 0) is 0 Å². The van der Waals surface area contributed by atoms with Gasteiger partial charge in [-0.05, 0) is 37.4 Å². The number of aromatic nitrogens is 2. The minimum absolute atomic E-state index is 0.138. The summed E-state index contributed by atoms with van der Waals surface area (Å²) in [5, 5.41) is 10.4. The predicted molar refractivity (Wildman–Crippen MR) is 83.1 cm³/mol. The second-order valence-electron chi connectivity index (χ2n) is 4.50. The Labute approximate surface area is 126 Å². The monoisotopic (exact) mass is 302 g/mol. The molecule has 0 aliphatic heterocycles. The summed E-state index contributed by atoms with van der Waals surface area (Å²) in [5.41, 5.74) is 1.26. The number of hydrogen-bond donors (Lipinski definition) is 0. The molecule has 1 unspecified atom stereocenters. The Morgan fingerprint density at radius 1 is 1.15 bits per heavy atom. The van der Waals surface area contributed by atoms with E-state index >= 15 is 0 Å². The van der Waals surface area contributed by atoms with Crippen molar-refractivity contribution in [3.8, 4) is 10.8 Å². The van der Waals surface area contributed by atoms with Crippen LogP contribution in [0.3, 0.4) is 0 Å². The molecule has 3 rings (SSSR count). The first-order chi connectivity index (χ1) is 9.72. The number of thioether (sulfide) groups is 1. The summed E-state index contributed by atoms with van der Waals surface area (Å²) >= 11 is 3.33. The Balaban J connectivity index is 1.74. The van der Waals surface area contributed by atoms with Gasteiger partial charge in [-0.25, -0.2) is 0 Å². The molecule has 0 aliphatic carbocycles. The molecule has 0 fully saturated rings. The fourth-order valence-electron chi connectivity index (χ4n) is 1.77. The second kappa shape index (κ2) is 5.81. The van der Waals surface area contributed by atoms with Gasteiger partial charge in [0, 0.05) is 4.90 Å². The maximum Gasteiger partial charge on any atom is 0.257 e. The summed E-state index contributed by atoms with van der Waals surface area (Å²) in [6.07, 6.45) is 0. The van der Waals surface area contributed by atoms with Gasteiger partial charge in [-0.3, -0.25) is 0 Å². The molecule has 20 heavy (non-hydrogen) atoms. The summed E-state index contributed by atoms with van der Waals surface area (Å²) in [6.45, 7) is 4.17. The Hall–Kier alpha value is -1.59. The molecule has 3 nitrogen and oxygen atoms in total. The van der Waals surface area contributed by atoms with Crippen molar-refractivity contribution in [3.63, 3.8) is 0 Å². The molecule has 0 amide bonds. The zero-order valence-corrected chi connectivity index (χ0v) is 12.9. The number of thiophene rings is 1.